The Labute approximate surface area is 93.1 Å². The molecule has 1 aliphatic carbocycles. The highest BCUT2D eigenvalue weighted by molar-refractivity contribution is 5.84. The summed E-state index contributed by atoms with van der Waals surface area (Å²) >= 11 is 0. The van der Waals surface area contributed by atoms with Gasteiger partial charge in [0.15, 0.2) is 0 Å². The van der Waals surface area contributed by atoms with Gasteiger partial charge in [0.05, 0.1) is 12.5 Å². The Morgan fingerprint density at radius 1 is 1.62 bits per heavy atom. The number of carbonyl (C=O) groups is 1. The van der Waals surface area contributed by atoms with Crippen LogP contribution in [-0.4, -0.2) is 28.8 Å². The second kappa shape index (κ2) is 4.61. The van der Waals surface area contributed by atoms with Crippen molar-refractivity contribution in [2.24, 2.45) is 5.73 Å². The number of rotatable bonds is 3. The first-order valence-corrected chi connectivity index (χ1v) is 5.48. The van der Waals surface area contributed by atoms with Crippen LogP contribution in [0.3, 0.4) is 0 Å². The van der Waals surface area contributed by atoms with Gasteiger partial charge in [-0.15, -0.1) is 0 Å². The van der Waals surface area contributed by atoms with Crippen LogP contribution in [0.25, 0.3) is 0 Å². The molecule has 2 unspecified atom stereocenters. The third-order valence-corrected chi connectivity index (χ3v) is 2.79. The molecule has 0 aliphatic heterocycles. The van der Waals surface area contributed by atoms with E-state index in [1.54, 1.807) is 6.92 Å². The maximum atomic E-state index is 11.3. The van der Waals surface area contributed by atoms with Gasteiger partial charge < -0.3 is 15.0 Å². The summed E-state index contributed by atoms with van der Waals surface area (Å²) in [6.07, 6.45) is 2.95. The van der Waals surface area contributed by atoms with Crippen molar-refractivity contribution >= 4 is 5.97 Å². The van der Waals surface area contributed by atoms with Gasteiger partial charge >= 0.3 is 5.97 Å². The molecule has 0 radical (unpaired) electrons. The molecule has 1 saturated carbocycles. The van der Waals surface area contributed by atoms with Crippen LogP contribution in [0.2, 0.25) is 0 Å². The van der Waals surface area contributed by atoms with Crippen molar-refractivity contribution in [2.45, 2.75) is 38.1 Å². The molecule has 1 aliphatic rings. The number of nitrogens with zero attached hydrogens (tertiary/aromatic N) is 2. The Balaban J connectivity index is 2.10. The van der Waals surface area contributed by atoms with E-state index >= 15 is 0 Å². The van der Waals surface area contributed by atoms with Crippen LogP contribution in [0.4, 0.5) is 0 Å². The molecule has 0 saturated heterocycles. The maximum absolute atomic E-state index is 11.3. The van der Waals surface area contributed by atoms with Crippen molar-refractivity contribution in [2.75, 3.05) is 6.61 Å². The molecule has 88 valence electrons. The number of carbonyl (C=O) groups excluding carboxylic acids is 1. The molecule has 2 rings (SSSR count). The highest BCUT2D eigenvalue weighted by atomic mass is 16.5. The van der Waals surface area contributed by atoms with Gasteiger partial charge in [-0.05, 0) is 24.9 Å². The third kappa shape index (κ3) is 2.06. The summed E-state index contributed by atoms with van der Waals surface area (Å²) in [5, 5.41) is 3.60. The molecule has 16 heavy (non-hydrogen) atoms. The van der Waals surface area contributed by atoms with E-state index in [1.807, 2.05) is 0 Å². The second-order valence-corrected chi connectivity index (χ2v) is 3.88. The summed E-state index contributed by atoms with van der Waals surface area (Å²) in [4.78, 5) is 15.3. The standard InChI is InChI=1S/C10H15N3O3/c1-2-15-10(14)8-12-9(16-13-8)6-4-3-5-7(6)11/h6-7H,2-5,11H2,1H3. The van der Waals surface area contributed by atoms with Gasteiger partial charge in [-0.25, -0.2) is 4.79 Å². The summed E-state index contributed by atoms with van der Waals surface area (Å²) < 4.78 is 9.82. The minimum absolute atomic E-state index is 0.0176. The number of nitrogens with two attached hydrogens (primary N) is 1. The quantitative estimate of drug-likeness (QED) is 0.766. The molecule has 2 atom stereocenters. The first-order chi connectivity index (χ1) is 7.72. The zero-order valence-electron chi connectivity index (χ0n) is 9.18. The highest BCUT2D eigenvalue weighted by Gasteiger charge is 2.31. The van der Waals surface area contributed by atoms with Crippen LogP contribution in [-0.2, 0) is 4.74 Å². The van der Waals surface area contributed by atoms with Gasteiger partial charge in [0.25, 0.3) is 5.82 Å². The lowest BCUT2D eigenvalue weighted by Gasteiger charge is -2.08. The Kier molecular flexibility index (Phi) is 3.19. The zero-order valence-corrected chi connectivity index (χ0v) is 9.18. The van der Waals surface area contributed by atoms with E-state index < -0.39 is 5.97 Å². The maximum Gasteiger partial charge on any atom is 0.379 e. The molecule has 2 N–H and O–H groups in total. The van der Waals surface area contributed by atoms with Crippen LogP contribution in [0.1, 0.15) is 48.6 Å². The fourth-order valence-electron chi connectivity index (χ4n) is 1.96. The molecule has 1 aromatic rings. The van der Waals surface area contributed by atoms with E-state index in [-0.39, 0.29) is 17.8 Å². The van der Waals surface area contributed by atoms with E-state index in [0.29, 0.717) is 12.5 Å². The molecule has 0 bridgehead atoms. The predicted molar refractivity (Wildman–Crippen MR) is 54.8 cm³/mol. The van der Waals surface area contributed by atoms with Gasteiger partial charge in [-0.2, -0.15) is 4.98 Å². The molecule has 1 aromatic heterocycles. The monoisotopic (exact) mass is 225 g/mol. The Morgan fingerprint density at radius 3 is 3.06 bits per heavy atom. The molecule has 1 fully saturated rings. The van der Waals surface area contributed by atoms with Gasteiger partial charge in [0, 0.05) is 6.04 Å². The van der Waals surface area contributed by atoms with E-state index in [2.05, 4.69) is 10.1 Å². The summed E-state index contributed by atoms with van der Waals surface area (Å²) in [7, 11) is 0. The molecule has 0 spiro atoms. The number of esters is 1. The first kappa shape index (κ1) is 11.1. The lowest BCUT2D eigenvalue weighted by Crippen LogP contribution is -2.23. The number of ether oxygens (including phenoxy) is 1. The number of hydrogen-bond donors (Lipinski definition) is 1. The normalized spacial score (nSPS) is 24.6. The fourth-order valence-corrected chi connectivity index (χ4v) is 1.96. The minimum atomic E-state index is -0.552. The SMILES string of the molecule is CCOC(=O)c1noc(C2CCCC2N)n1. The van der Waals surface area contributed by atoms with Crippen molar-refractivity contribution < 1.29 is 14.1 Å². The van der Waals surface area contributed by atoms with Gasteiger partial charge in [-0.3, -0.25) is 0 Å². The van der Waals surface area contributed by atoms with Crippen molar-refractivity contribution in [3.8, 4) is 0 Å². The minimum Gasteiger partial charge on any atom is -0.460 e. The first-order valence-electron chi connectivity index (χ1n) is 5.48. The van der Waals surface area contributed by atoms with E-state index in [0.717, 1.165) is 19.3 Å². The van der Waals surface area contributed by atoms with Gasteiger partial charge in [0.2, 0.25) is 5.89 Å². The molecule has 1 heterocycles. The van der Waals surface area contributed by atoms with E-state index in [1.165, 1.54) is 0 Å². The fraction of sp³-hybridized carbons (Fsp3) is 0.700. The van der Waals surface area contributed by atoms with Crippen molar-refractivity contribution in [3.05, 3.63) is 11.7 Å². The van der Waals surface area contributed by atoms with Crippen LogP contribution >= 0.6 is 0 Å². The number of aromatic nitrogens is 2. The zero-order chi connectivity index (χ0) is 11.5. The number of hydrogen-bond acceptors (Lipinski definition) is 6. The van der Waals surface area contributed by atoms with Crippen LogP contribution in [0.15, 0.2) is 4.52 Å². The topological polar surface area (TPSA) is 91.2 Å². The van der Waals surface area contributed by atoms with Crippen LogP contribution < -0.4 is 5.73 Å². The molecule has 6 heteroatoms. The van der Waals surface area contributed by atoms with Gasteiger partial charge in [-0.1, -0.05) is 6.42 Å². The van der Waals surface area contributed by atoms with Crippen LogP contribution in [0, 0.1) is 0 Å². The summed E-state index contributed by atoms with van der Waals surface area (Å²) in [5.41, 5.74) is 5.91. The summed E-state index contributed by atoms with van der Waals surface area (Å²) in [6.45, 7) is 2.03. The highest BCUT2D eigenvalue weighted by Crippen LogP contribution is 2.32. The van der Waals surface area contributed by atoms with Crippen molar-refractivity contribution in [1.82, 2.24) is 10.1 Å². The lowest BCUT2D eigenvalue weighted by atomic mass is 10.1. The summed E-state index contributed by atoms with van der Waals surface area (Å²) in [5.74, 6) is -0.0382. The summed E-state index contributed by atoms with van der Waals surface area (Å²) in [6, 6.07) is 0.0514. The molecule has 6 nitrogen and oxygen atoms in total. The molecule has 0 amide bonds. The Bertz CT molecular complexity index is 377. The lowest BCUT2D eigenvalue weighted by molar-refractivity contribution is 0.0508. The smallest absolute Gasteiger partial charge is 0.379 e. The molecular weight excluding hydrogens is 210 g/mol. The Morgan fingerprint density at radius 2 is 2.44 bits per heavy atom. The van der Waals surface area contributed by atoms with Gasteiger partial charge in [0.1, 0.15) is 0 Å². The second-order valence-electron chi connectivity index (χ2n) is 3.88. The predicted octanol–water partition coefficient (Wildman–Crippen LogP) is 0.841. The van der Waals surface area contributed by atoms with E-state index in [4.69, 9.17) is 15.0 Å². The van der Waals surface area contributed by atoms with Crippen LogP contribution in [0.5, 0.6) is 0 Å². The third-order valence-electron chi connectivity index (χ3n) is 2.79. The largest absolute Gasteiger partial charge is 0.460 e. The molecule has 0 aromatic carbocycles. The average Bonchev–Trinajstić information content (AvgIpc) is 2.86. The Hall–Kier alpha value is -1.43. The average molecular weight is 225 g/mol. The molecular formula is C10H15N3O3. The van der Waals surface area contributed by atoms with E-state index in [9.17, 15) is 4.79 Å². The van der Waals surface area contributed by atoms with Crippen molar-refractivity contribution in [1.29, 1.82) is 0 Å². The van der Waals surface area contributed by atoms with Crippen molar-refractivity contribution in [3.63, 3.8) is 0 Å².